The predicted octanol–water partition coefficient (Wildman–Crippen LogP) is 3.47. The Morgan fingerprint density at radius 1 is 0.595 bits per heavy atom. The van der Waals surface area contributed by atoms with Gasteiger partial charge >= 0.3 is 17.9 Å². The number of ether oxygens (including phenoxy) is 3. The van der Waals surface area contributed by atoms with Crippen LogP contribution in [-0.4, -0.2) is 66.9 Å². The van der Waals surface area contributed by atoms with Crippen LogP contribution < -0.4 is 0 Å². The van der Waals surface area contributed by atoms with Crippen LogP contribution in [-0.2, 0) is 14.2 Å². The van der Waals surface area contributed by atoms with E-state index in [1.54, 1.807) is 27.7 Å². The van der Waals surface area contributed by atoms with Gasteiger partial charge < -0.3 is 24.4 Å². The average Bonchev–Trinajstić information content (AvgIpc) is 2.89. The molecule has 0 aliphatic carbocycles. The summed E-state index contributed by atoms with van der Waals surface area (Å²) < 4.78 is 15.4. The Morgan fingerprint density at radius 2 is 0.946 bits per heavy atom. The molecule has 0 heterocycles. The number of aliphatic hydroxyl groups is 2. The maximum absolute atomic E-state index is 12.3. The number of carbonyl (C=O) groups excluding carboxylic acids is 4. The molecule has 37 heavy (non-hydrogen) atoms. The topological polar surface area (TPSA) is 136 Å². The van der Waals surface area contributed by atoms with E-state index in [1.165, 1.54) is 48.5 Å². The molecule has 0 radical (unpaired) electrons. The minimum absolute atomic E-state index is 0.0517. The van der Waals surface area contributed by atoms with Crippen LogP contribution in [0.5, 0.6) is 0 Å². The predicted molar refractivity (Wildman–Crippen MR) is 134 cm³/mol. The van der Waals surface area contributed by atoms with E-state index in [1.807, 2.05) is 0 Å². The van der Waals surface area contributed by atoms with Gasteiger partial charge in [0.05, 0.1) is 29.9 Å². The first-order valence-electron chi connectivity index (χ1n) is 11.8. The van der Waals surface area contributed by atoms with Gasteiger partial charge in [-0.05, 0) is 41.8 Å². The SMILES string of the molecule is CC(C)(CO)COC(=O)c1ccc(C(=O)OCCOC(=O)c2ccc(C(=O)CC(C)(C)CO)cc2)cc1. The summed E-state index contributed by atoms with van der Waals surface area (Å²) in [6.07, 6.45) is 0.175. The lowest BCUT2D eigenvalue weighted by Gasteiger charge is -2.20. The summed E-state index contributed by atoms with van der Waals surface area (Å²) in [7, 11) is 0. The Bertz CT molecular complexity index is 1080. The van der Waals surface area contributed by atoms with E-state index in [0.717, 1.165) is 0 Å². The van der Waals surface area contributed by atoms with Crippen molar-refractivity contribution in [1.29, 1.82) is 0 Å². The smallest absolute Gasteiger partial charge is 0.338 e. The summed E-state index contributed by atoms with van der Waals surface area (Å²) in [4.78, 5) is 48.8. The van der Waals surface area contributed by atoms with Gasteiger partial charge in [-0.15, -0.1) is 0 Å². The second-order valence-corrected chi connectivity index (χ2v) is 10.2. The van der Waals surface area contributed by atoms with Crippen LogP contribution in [0.15, 0.2) is 48.5 Å². The first kappa shape index (κ1) is 29.7. The maximum atomic E-state index is 12.3. The van der Waals surface area contributed by atoms with Crippen molar-refractivity contribution in [2.24, 2.45) is 10.8 Å². The number of hydrogen-bond acceptors (Lipinski definition) is 9. The van der Waals surface area contributed by atoms with Crippen molar-refractivity contribution < 1.29 is 43.6 Å². The third-order valence-corrected chi connectivity index (χ3v) is 5.44. The molecule has 200 valence electrons. The van der Waals surface area contributed by atoms with E-state index in [9.17, 15) is 29.4 Å². The fourth-order valence-corrected chi connectivity index (χ4v) is 2.95. The highest BCUT2D eigenvalue weighted by molar-refractivity contribution is 5.98. The van der Waals surface area contributed by atoms with Crippen molar-refractivity contribution >= 4 is 23.7 Å². The van der Waals surface area contributed by atoms with Gasteiger partial charge in [0, 0.05) is 24.0 Å². The lowest BCUT2D eigenvalue weighted by Crippen LogP contribution is -2.25. The van der Waals surface area contributed by atoms with E-state index in [4.69, 9.17) is 14.2 Å². The van der Waals surface area contributed by atoms with Gasteiger partial charge in [0.2, 0.25) is 0 Å². The summed E-state index contributed by atoms with van der Waals surface area (Å²) in [5.41, 5.74) is 0.0586. The Kier molecular flexibility index (Phi) is 10.5. The van der Waals surface area contributed by atoms with E-state index >= 15 is 0 Å². The van der Waals surface area contributed by atoms with Crippen molar-refractivity contribution in [3.05, 3.63) is 70.8 Å². The lowest BCUT2D eigenvalue weighted by atomic mass is 9.86. The second-order valence-electron chi connectivity index (χ2n) is 10.2. The largest absolute Gasteiger partial charge is 0.461 e. The number of benzene rings is 2. The first-order chi connectivity index (χ1) is 17.4. The number of carbonyl (C=O) groups is 4. The summed E-state index contributed by atoms with van der Waals surface area (Å²) in [6.45, 7) is 6.58. The highest BCUT2D eigenvalue weighted by Gasteiger charge is 2.22. The number of hydrogen-bond donors (Lipinski definition) is 2. The molecule has 0 amide bonds. The molecule has 0 unspecified atom stereocenters. The van der Waals surface area contributed by atoms with Crippen molar-refractivity contribution in [3.8, 4) is 0 Å². The van der Waals surface area contributed by atoms with Crippen LogP contribution in [0.4, 0.5) is 0 Å². The fourth-order valence-electron chi connectivity index (χ4n) is 2.95. The standard InChI is InChI=1S/C28H34O9/c1-27(2,16-29)15-23(31)19-5-7-20(8-6-19)24(32)35-13-14-36-25(33)21-9-11-22(12-10-21)26(34)37-18-28(3,4)17-30/h5-12,29-30H,13-18H2,1-4H3. The zero-order valence-corrected chi connectivity index (χ0v) is 21.6. The molecule has 0 saturated heterocycles. The summed E-state index contributed by atoms with van der Waals surface area (Å²) in [6, 6.07) is 11.7. The molecule has 2 aromatic carbocycles. The molecule has 0 aliphatic rings. The number of aliphatic hydroxyl groups excluding tert-OH is 2. The van der Waals surface area contributed by atoms with Crippen LogP contribution in [0, 0.1) is 10.8 Å². The van der Waals surface area contributed by atoms with E-state index in [2.05, 4.69) is 0 Å². The van der Waals surface area contributed by atoms with Crippen LogP contribution in [0.2, 0.25) is 0 Å². The number of esters is 3. The molecular formula is C28H34O9. The average molecular weight is 515 g/mol. The molecule has 2 rings (SSSR count). The molecule has 0 fully saturated rings. The maximum Gasteiger partial charge on any atom is 0.338 e. The van der Waals surface area contributed by atoms with Gasteiger partial charge in [-0.25, -0.2) is 14.4 Å². The Hall–Kier alpha value is -3.56. The van der Waals surface area contributed by atoms with Crippen molar-refractivity contribution in [2.75, 3.05) is 33.0 Å². The minimum Gasteiger partial charge on any atom is -0.461 e. The zero-order chi connectivity index (χ0) is 27.6. The van der Waals surface area contributed by atoms with Crippen LogP contribution in [0.1, 0.15) is 75.5 Å². The van der Waals surface area contributed by atoms with Gasteiger partial charge in [-0.2, -0.15) is 0 Å². The molecular weight excluding hydrogens is 480 g/mol. The van der Waals surface area contributed by atoms with Crippen molar-refractivity contribution in [1.82, 2.24) is 0 Å². The molecule has 0 saturated carbocycles. The molecule has 9 nitrogen and oxygen atoms in total. The number of ketones is 1. The normalized spacial score (nSPS) is 11.5. The number of rotatable bonds is 13. The van der Waals surface area contributed by atoms with Crippen LogP contribution in [0.3, 0.4) is 0 Å². The Labute approximate surface area is 216 Å². The third-order valence-electron chi connectivity index (χ3n) is 5.44. The van der Waals surface area contributed by atoms with Gasteiger partial charge in [-0.3, -0.25) is 4.79 Å². The van der Waals surface area contributed by atoms with E-state index in [-0.39, 0.29) is 61.9 Å². The van der Waals surface area contributed by atoms with Crippen molar-refractivity contribution in [2.45, 2.75) is 34.1 Å². The third kappa shape index (κ3) is 9.44. The monoisotopic (exact) mass is 514 g/mol. The molecule has 0 spiro atoms. The summed E-state index contributed by atoms with van der Waals surface area (Å²) in [5.74, 6) is -1.98. The van der Waals surface area contributed by atoms with Crippen molar-refractivity contribution in [3.63, 3.8) is 0 Å². The molecule has 0 aliphatic heterocycles. The van der Waals surface area contributed by atoms with E-state index < -0.39 is 28.7 Å². The van der Waals surface area contributed by atoms with Gasteiger partial charge in [-0.1, -0.05) is 39.8 Å². The van der Waals surface area contributed by atoms with Gasteiger partial charge in [0.15, 0.2) is 5.78 Å². The molecule has 0 aromatic heterocycles. The number of Topliss-reactive ketones (excluding diaryl/α,β-unsaturated/α-hetero) is 1. The summed E-state index contributed by atoms with van der Waals surface area (Å²) >= 11 is 0. The van der Waals surface area contributed by atoms with Crippen LogP contribution >= 0.6 is 0 Å². The molecule has 0 bridgehead atoms. The lowest BCUT2D eigenvalue weighted by molar-refractivity contribution is 0.0218. The van der Waals surface area contributed by atoms with Gasteiger partial charge in [0.1, 0.15) is 13.2 Å². The Morgan fingerprint density at radius 3 is 1.32 bits per heavy atom. The Balaban J connectivity index is 1.78. The van der Waals surface area contributed by atoms with Gasteiger partial charge in [0.25, 0.3) is 0 Å². The second kappa shape index (κ2) is 13.1. The minimum atomic E-state index is -0.647. The fraction of sp³-hybridized carbons (Fsp3) is 0.429. The molecule has 2 N–H and O–H groups in total. The molecule has 9 heteroatoms. The zero-order valence-electron chi connectivity index (χ0n) is 21.6. The highest BCUT2D eigenvalue weighted by atomic mass is 16.6. The van der Waals surface area contributed by atoms with E-state index in [0.29, 0.717) is 5.56 Å². The molecule has 2 aromatic rings. The quantitative estimate of drug-likeness (QED) is 0.178. The summed E-state index contributed by atoms with van der Waals surface area (Å²) in [5, 5.41) is 18.5. The highest BCUT2D eigenvalue weighted by Crippen LogP contribution is 2.22. The first-order valence-corrected chi connectivity index (χ1v) is 11.8. The van der Waals surface area contributed by atoms with Crippen LogP contribution in [0.25, 0.3) is 0 Å². The molecule has 0 atom stereocenters.